The van der Waals surface area contributed by atoms with Crippen molar-refractivity contribution in [3.05, 3.63) is 53.8 Å². The van der Waals surface area contributed by atoms with Crippen molar-refractivity contribution in [1.82, 2.24) is 0 Å². The Morgan fingerprint density at radius 2 is 1.73 bits per heavy atom. The van der Waals surface area contributed by atoms with Gasteiger partial charge < -0.3 is 9.47 Å². The lowest BCUT2D eigenvalue weighted by Crippen LogP contribution is -2.13. The van der Waals surface area contributed by atoms with Gasteiger partial charge in [0.25, 0.3) is 0 Å². The van der Waals surface area contributed by atoms with Crippen LogP contribution in [0.3, 0.4) is 0 Å². The number of carbonyl (C=O) groups excluding carboxylic acids is 1. The zero-order valence-electron chi connectivity index (χ0n) is 18.2. The molecule has 0 N–H and O–H groups in total. The number of hydrogen-bond donors (Lipinski definition) is 0. The van der Waals surface area contributed by atoms with Crippen LogP contribution in [0.5, 0.6) is 5.75 Å². The fourth-order valence-corrected chi connectivity index (χ4v) is 4.31. The first-order valence-corrected chi connectivity index (χ1v) is 11.3. The van der Waals surface area contributed by atoms with Crippen LogP contribution in [-0.4, -0.2) is 12.8 Å². The monoisotopic (exact) mass is 412 g/mol. The van der Waals surface area contributed by atoms with Crippen molar-refractivity contribution in [3.63, 3.8) is 0 Å². The molecule has 1 aliphatic carbocycles. The minimum absolute atomic E-state index is 0.198. The molecule has 1 fully saturated rings. The maximum Gasteiger partial charge on any atom is 0.513 e. The first-order chi connectivity index (χ1) is 14.6. The van der Waals surface area contributed by atoms with Crippen LogP contribution >= 0.6 is 0 Å². The second kappa shape index (κ2) is 11.1. The van der Waals surface area contributed by atoms with E-state index in [9.17, 15) is 9.18 Å². The smallest absolute Gasteiger partial charge is 0.434 e. The second-order valence-electron chi connectivity index (χ2n) is 8.32. The van der Waals surface area contributed by atoms with Crippen LogP contribution in [0.1, 0.15) is 76.7 Å². The highest BCUT2D eigenvalue weighted by Gasteiger charge is 2.22. The number of hydrogen-bond acceptors (Lipinski definition) is 3. The Labute approximate surface area is 179 Å². The molecule has 1 saturated carbocycles. The van der Waals surface area contributed by atoms with E-state index in [0.29, 0.717) is 23.8 Å². The summed E-state index contributed by atoms with van der Waals surface area (Å²) in [6, 6.07) is 12.5. The Kier molecular flexibility index (Phi) is 8.30. The SMILES string of the molecule is CCCCC1CCC(c2ccc(-c3ccc(OC(=O)OCCC)cc3)c(F)c2)CC1. The van der Waals surface area contributed by atoms with Gasteiger partial charge in [-0.15, -0.1) is 0 Å². The molecule has 4 heteroatoms. The zero-order valence-corrected chi connectivity index (χ0v) is 18.2. The first-order valence-electron chi connectivity index (χ1n) is 11.3. The summed E-state index contributed by atoms with van der Waals surface area (Å²) in [6.07, 6.45) is 8.79. The van der Waals surface area contributed by atoms with Crippen molar-refractivity contribution in [3.8, 4) is 16.9 Å². The molecule has 0 heterocycles. The van der Waals surface area contributed by atoms with E-state index < -0.39 is 6.16 Å². The van der Waals surface area contributed by atoms with Crippen molar-refractivity contribution in [2.24, 2.45) is 5.92 Å². The minimum Gasteiger partial charge on any atom is -0.434 e. The highest BCUT2D eigenvalue weighted by Crippen LogP contribution is 2.38. The highest BCUT2D eigenvalue weighted by atomic mass is 19.1. The van der Waals surface area contributed by atoms with E-state index in [-0.39, 0.29) is 5.82 Å². The second-order valence-corrected chi connectivity index (χ2v) is 8.32. The average molecular weight is 413 g/mol. The van der Waals surface area contributed by atoms with Crippen LogP contribution in [0.15, 0.2) is 42.5 Å². The van der Waals surface area contributed by atoms with Gasteiger partial charge in [-0.05, 0) is 73.3 Å². The van der Waals surface area contributed by atoms with Crippen LogP contribution in [0.2, 0.25) is 0 Å². The standard InChI is InChI=1S/C26H33FO3/c1-3-5-6-19-7-9-20(10-8-19)22-13-16-24(25(27)18-22)21-11-14-23(15-12-21)30-26(28)29-17-4-2/h11-16,18-20H,3-10,17H2,1-2H3. The van der Waals surface area contributed by atoms with E-state index >= 15 is 0 Å². The molecule has 0 saturated heterocycles. The third-order valence-electron chi connectivity index (χ3n) is 6.07. The molecule has 0 aliphatic heterocycles. The summed E-state index contributed by atoms with van der Waals surface area (Å²) in [4.78, 5) is 11.5. The molecule has 2 aromatic carbocycles. The summed E-state index contributed by atoms with van der Waals surface area (Å²) < 4.78 is 24.9. The third kappa shape index (κ3) is 6.07. The van der Waals surface area contributed by atoms with Crippen molar-refractivity contribution in [2.75, 3.05) is 6.61 Å². The fourth-order valence-electron chi connectivity index (χ4n) is 4.31. The topological polar surface area (TPSA) is 35.5 Å². The molecule has 0 bridgehead atoms. The third-order valence-corrected chi connectivity index (χ3v) is 6.07. The van der Waals surface area contributed by atoms with Gasteiger partial charge in [0.1, 0.15) is 11.6 Å². The van der Waals surface area contributed by atoms with Gasteiger partial charge in [0.05, 0.1) is 6.61 Å². The van der Waals surface area contributed by atoms with E-state index in [2.05, 4.69) is 13.0 Å². The van der Waals surface area contributed by atoms with E-state index in [1.807, 2.05) is 13.0 Å². The van der Waals surface area contributed by atoms with Gasteiger partial charge in [-0.3, -0.25) is 0 Å². The van der Waals surface area contributed by atoms with Gasteiger partial charge in [-0.1, -0.05) is 57.4 Å². The Balaban J connectivity index is 1.61. The Morgan fingerprint density at radius 1 is 1.00 bits per heavy atom. The van der Waals surface area contributed by atoms with Crippen molar-refractivity contribution in [2.45, 2.75) is 71.1 Å². The quantitative estimate of drug-likeness (QED) is 0.327. The lowest BCUT2D eigenvalue weighted by molar-refractivity contribution is 0.0992. The van der Waals surface area contributed by atoms with Crippen LogP contribution in [0.25, 0.3) is 11.1 Å². The molecule has 0 atom stereocenters. The molecule has 2 aromatic rings. The summed E-state index contributed by atoms with van der Waals surface area (Å²) >= 11 is 0. The molecular weight excluding hydrogens is 379 g/mol. The molecule has 0 spiro atoms. The molecule has 1 aliphatic rings. The molecule has 3 nitrogen and oxygen atoms in total. The molecule has 162 valence electrons. The number of benzene rings is 2. The highest BCUT2D eigenvalue weighted by molar-refractivity contribution is 5.67. The van der Waals surface area contributed by atoms with Crippen LogP contribution in [0.4, 0.5) is 9.18 Å². The van der Waals surface area contributed by atoms with Gasteiger partial charge in [-0.25, -0.2) is 9.18 Å². The Hall–Kier alpha value is -2.36. The van der Waals surface area contributed by atoms with Gasteiger partial charge in [0, 0.05) is 5.56 Å². The molecule has 30 heavy (non-hydrogen) atoms. The van der Waals surface area contributed by atoms with Crippen molar-refractivity contribution in [1.29, 1.82) is 0 Å². The van der Waals surface area contributed by atoms with Crippen molar-refractivity contribution < 1.29 is 18.7 Å². The minimum atomic E-state index is -0.718. The lowest BCUT2D eigenvalue weighted by Gasteiger charge is -2.29. The van der Waals surface area contributed by atoms with Gasteiger partial charge >= 0.3 is 6.16 Å². The summed E-state index contributed by atoms with van der Waals surface area (Å²) in [5, 5.41) is 0. The van der Waals surface area contributed by atoms with E-state index in [0.717, 1.165) is 36.3 Å². The molecule has 0 amide bonds. The average Bonchev–Trinajstić information content (AvgIpc) is 2.77. The fraction of sp³-hybridized carbons (Fsp3) is 0.500. The largest absolute Gasteiger partial charge is 0.513 e. The summed E-state index contributed by atoms with van der Waals surface area (Å²) in [5.74, 6) is 1.51. The number of carbonyl (C=O) groups is 1. The number of rotatable bonds is 8. The van der Waals surface area contributed by atoms with E-state index in [1.54, 1.807) is 30.3 Å². The molecule has 3 rings (SSSR count). The predicted octanol–water partition coefficient (Wildman–Crippen LogP) is 7.88. The number of halogens is 1. The van der Waals surface area contributed by atoms with Gasteiger partial charge in [0.15, 0.2) is 0 Å². The summed E-state index contributed by atoms with van der Waals surface area (Å²) in [7, 11) is 0. The first kappa shape index (κ1) is 22.3. The molecular formula is C26H33FO3. The lowest BCUT2D eigenvalue weighted by atomic mass is 9.77. The van der Waals surface area contributed by atoms with Crippen molar-refractivity contribution >= 4 is 6.16 Å². The van der Waals surface area contributed by atoms with Crippen LogP contribution < -0.4 is 4.74 Å². The normalized spacial score (nSPS) is 18.8. The molecule has 0 radical (unpaired) electrons. The predicted molar refractivity (Wildman–Crippen MR) is 118 cm³/mol. The maximum atomic E-state index is 14.9. The van der Waals surface area contributed by atoms with Crippen LogP contribution in [0, 0.1) is 11.7 Å². The van der Waals surface area contributed by atoms with Gasteiger partial charge in [0.2, 0.25) is 0 Å². The van der Waals surface area contributed by atoms with Crippen LogP contribution in [-0.2, 0) is 4.74 Å². The van der Waals surface area contributed by atoms with E-state index in [1.165, 1.54) is 32.1 Å². The Morgan fingerprint density at radius 3 is 2.37 bits per heavy atom. The summed E-state index contributed by atoms with van der Waals surface area (Å²) in [5.41, 5.74) is 2.44. The maximum absolute atomic E-state index is 14.9. The van der Waals surface area contributed by atoms with Gasteiger partial charge in [-0.2, -0.15) is 0 Å². The Bertz CT molecular complexity index is 808. The number of unbranched alkanes of at least 4 members (excludes halogenated alkanes) is 1. The molecule has 0 aromatic heterocycles. The zero-order chi connectivity index (χ0) is 21.3. The van der Waals surface area contributed by atoms with E-state index in [4.69, 9.17) is 9.47 Å². The number of ether oxygens (including phenoxy) is 2. The summed E-state index contributed by atoms with van der Waals surface area (Å²) in [6.45, 7) is 4.49. The molecule has 0 unspecified atom stereocenters.